The van der Waals surface area contributed by atoms with Crippen molar-refractivity contribution >= 4 is 16.8 Å². The van der Waals surface area contributed by atoms with Crippen LogP contribution < -0.4 is 27.2 Å². The van der Waals surface area contributed by atoms with Crippen molar-refractivity contribution in [1.82, 2.24) is 14.5 Å². The molecular weight excluding hydrogens is 467 g/mol. The minimum Gasteiger partial charge on any atom is -0.394 e. The molecule has 2 aromatic carbocycles. The van der Waals surface area contributed by atoms with E-state index < -0.39 is 23.3 Å². The summed E-state index contributed by atoms with van der Waals surface area (Å²) in [7, 11) is 1.56. The number of halogens is 3. The van der Waals surface area contributed by atoms with E-state index in [-0.39, 0.29) is 30.4 Å². The van der Waals surface area contributed by atoms with Gasteiger partial charge in [0.25, 0.3) is 5.56 Å². The monoisotopic (exact) mass is 489 g/mol. The molecule has 4 rings (SSSR count). The van der Waals surface area contributed by atoms with Crippen LogP contribution >= 0.6 is 11.8 Å². The molecule has 34 heavy (non-hydrogen) atoms. The lowest BCUT2D eigenvalue weighted by Crippen LogP contribution is -2.58. The molecule has 1 aliphatic rings. The number of hydrogen-bond donors (Lipinski definition) is 3. The Bertz CT molecular complexity index is 1430. The number of aromatic nitrogens is 2. The summed E-state index contributed by atoms with van der Waals surface area (Å²) in [4.78, 5) is 18.4. The van der Waals surface area contributed by atoms with Gasteiger partial charge < -0.3 is 10.4 Å². The number of nitrogens with zero attached hydrogens (tertiary/aromatic N) is 3. The van der Waals surface area contributed by atoms with Crippen molar-refractivity contribution in [3.63, 3.8) is 0 Å². The molecule has 0 amide bonds. The third-order valence-electron chi connectivity index (χ3n) is 5.39. The number of aliphatic hydroxyl groups is 1. The van der Waals surface area contributed by atoms with E-state index in [1.165, 1.54) is 28.5 Å². The molecule has 1 aliphatic heterocycles. The third-order valence-corrected chi connectivity index (χ3v) is 6.45. The van der Waals surface area contributed by atoms with Crippen LogP contribution in [0.4, 0.5) is 13.2 Å². The van der Waals surface area contributed by atoms with Gasteiger partial charge in [0.1, 0.15) is 10.7 Å². The third kappa shape index (κ3) is 4.80. The highest BCUT2D eigenvalue weighted by atomic mass is 32.2. The minimum atomic E-state index is -4.42. The largest absolute Gasteiger partial charge is 0.416 e. The second-order valence-electron chi connectivity index (χ2n) is 7.76. The highest BCUT2D eigenvalue weighted by Crippen LogP contribution is 2.29. The molecule has 178 valence electrons. The summed E-state index contributed by atoms with van der Waals surface area (Å²) in [6.07, 6.45) is -4.42. The van der Waals surface area contributed by atoms with E-state index in [1.54, 1.807) is 11.6 Å². The van der Waals surface area contributed by atoms with Gasteiger partial charge in [0.2, 0.25) is 5.62 Å². The van der Waals surface area contributed by atoms with Crippen LogP contribution in [0.25, 0.3) is 5.03 Å². The first-order valence-corrected chi connectivity index (χ1v) is 11.2. The van der Waals surface area contributed by atoms with Crippen molar-refractivity contribution in [2.75, 3.05) is 6.61 Å². The zero-order valence-electron chi connectivity index (χ0n) is 18.1. The molecule has 11 heteroatoms. The van der Waals surface area contributed by atoms with Crippen molar-refractivity contribution in [3.05, 3.63) is 92.4 Å². The van der Waals surface area contributed by atoms with Crippen LogP contribution in [0.1, 0.15) is 11.1 Å². The second kappa shape index (κ2) is 9.51. The summed E-state index contributed by atoms with van der Waals surface area (Å²) < 4.78 is 41.6. The van der Waals surface area contributed by atoms with Gasteiger partial charge in [0.05, 0.1) is 29.8 Å². The molecule has 2 heterocycles. The van der Waals surface area contributed by atoms with E-state index in [2.05, 4.69) is 10.3 Å². The molecule has 0 spiro atoms. The van der Waals surface area contributed by atoms with Crippen molar-refractivity contribution in [2.24, 2.45) is 12.0 Å². The highest BCUT2D eigenvalue weighted by molar-refractivity contribution is 8.07. The minimum absolute atomic E-state index is 0.0452. The summed E-state index contributed by atoms with van der Waals surface area (Å²) in [6, 6.07) is 13.6. The fourth-order valence-electron chi connectivity index (χ4n) is 3.60. The predicted molar refractivity (Wildman–Crippen MR) is 121 cm³/mol. The first-order valence-electron chi connectivity index (χ1n) is 10.4. The van der Waals surface area contributed by atoms with Gasteiger partial charge in [0, 0.05) is 18.5 Å². The molecule has 7 nitrogen and oxygen atoms in total. The Morgan fingerprint density at radius 1 is 1.21 bits per heavy atom. The molecule has 0 saturated carbocycles. The lowest BCUT2D eigenvalue weighted by atomic mass is 10.1. The molecule has 0 saturated heterocycles. The summed E-state index contributed by atoms with van der Waals surface area (Å²) in [6.45, 7) is 0.224. The Morgan fingerprint density at radius 2 is 1.88 bits per heavy atom. The van der Waals surface area contributed by atoms with Gasteiger partial charge in [-0.15, -0.1) is 0 Å². The SMILES string of the molecule is Cn1c(=O)/c(=C(/NCc2ccc(C(F)(F)F)cc2)Sc2ccccc2)c(=N)n2c1=NC(CO)C2. The Balaban J connectivity index is 1.79. The Morgan fingerprint density at radius 3 is 2.50 bits per heavy atom. The van der Waals surface area contributed by atoms with E-state index >= 15 is 0 Å². The molecule has 0 radical (unpaired) electrons. The normalized spacial score (nSPS) is 16.1. The maximum absolute atomic E-state index is 13.3. The number of rotatable bonds is 6. The van der Waals surface area contributed by atoms with Crippen molar-refractivity contribution in [1.29, 1.82) is 5.41 Å². The molecule has 0 bridgehead atoms. The molecule has 1 aromatic heterocycles. The Labute approximate surface area is 196 Å². The van der Waals surface area contributed by atoms with Gasteiger partial charge in [-0.1, -0.05) is 42.1 Å². The summed E-state index contributed by atoms with van der Waals surface area (Å²) in [5, 5.41) is 21.9. The van der Waals surface area contributed by atoms with Gasteiger partial charge >= 0.3 is 6.18 Å². The van der Waals surface area contributed by atoms with Gasteiger partial charge in [0.15, 0.2) is 0 Å². The van der Waals surface area contributed by atoms with Crippen LogP contribution in [0.5, 0.6) is 0 Å². The number of thioether (sulfide) groups is 1. The van der Waals surface area contributed by atoms with Crippen LogP contribution in [0, 0.1) is 5.41 Å². The van der Waals surface area contributed by atoms with Crippen LogP contribution in [0.2, 0.25) is 0 Å². The summed E-state index contributed by atoms with van der Waals surface area (Å²) in [5.74, 6) is 0. The number of fused-ring (bicyclic) bond motifs is 1. The van der Waals surface area contributed by atoms with E-state index in [1.807, 2.05) is 30.3 Å². The summed E-state index contributed by atoms with van der Waals surface area (Å²) >= 11 is 1.26. The maximum atomic E-state index is 13.3. The van der Waals surface area contributed by atoms with E-state index in [4.69, 9.17) is 5.41 Å². The first kappa shape index (κ1) is 23.8. The smallest absolute Gasteiger partial charge is 0.394 e. The van der Waals surface area contributed by atoms with Crippen molar-refractivity contribution < 1.29 is 18.3 Å². The zero-order valence-corrected chi connectivity index (χ0v) is 19.0. The van der Waals surface area contributed by atoms with Crippen molar-refractivity contribution in [2.45, 2.75) is 30.2 Å². The molecular formula is C23H22F3N5O2S. The molecule has 3 N–H and O–H groups in total. The number of alkyl halides is 3. The molecule has 0 aliphatic carbocycles. The van der Waals surface area contributed by atoms with Crippen molar-refractivity contribution in [3.8, 4) is 0 Å². The van der Waals surface area contributed by atoms with E-state index in [9.17, 15) is 23.1 Å². The lowest BCUT2D eigenvalue weighted by molar-refractivity contribution is -0.137. The van der Waals surface area contributed by atoms with Crippen LogP contribution in [-0.4, -0.2) is 26.9 Å². The highest BCUT2D eigenvalue weighted by Gasteiger charge is 2.30. The van der Waals surface area contributed by atoms with Crippen LogP contribution in [-0.2, 0) is 26.3 Å². The standard InChI is InChI=1S/C23H22F3N5O2S/c1-30-21(33)18(19(27)31-12-16(13-32)29-22(30)31)20(34-17-5-3-2-4-6-17)28-11-14-7-9-15(10-8-14)23(24,25)26/h2-10,16,27-28,32H,11-13H2,1H3/b20-18-,27-19?. The lowest BCUT2D eigenvalue weighted by Gasteiger charge is -2.13. The maximum Gasteiger partial charge on any atom is 0.416 e. The quantitative estimate of drug-likeness (QED) is 0.456. The Hall–Kier alpha value is -3.31. The van der Waals surface area contributed by atoms with Gasteiger partial charge in [-0.25, -0.2) is 4.99 Å². The molecule has 0 fully saturated rings. The molecule has 1 unspecified atom stereocenters. The van der Waals surface area contributed by atoms with Gasteiger partial charge in [-0.05, 0) is 29.8 Å². The average molecular weight is 490 g/mol. The second-order valence-corrected chi connectivity index (χ2v) is 8.84. The topological polar surface area (TPSA) is 95.4 Å². The molecule has 3 aromatic rings. The van der Waals surface area contributed by atoms with Gasteiger partial charge in [-0.2, -0.15) is 13.2 Å². The Kier molecular flexibility index (Phi) is 6.67. The average Bonchev–Trinajstić information content (AvgIpc) is 3.27. The number of benzene rings is 2. The number of hydrogen-bond acceptors (Lipinski definition) is 6. The number of nitrogens with one attached hydrogen (secondary N) is 2. The van der Waals surface area contributed by atoms with Crippen LogP contribution in [0.3, 0.4) is 0 Å². The fraction of sp³-hybridized carbons (Fsp3) is 0.261. The first-order chi connectivity index (χ1) is 16.2. The van der Waals surface area contributed by atoms with E-state index in [0.29, 0.717) is 16.2 Å². The fourth-order valence-corrected chi connectivity index (χ4v) is 4.56. The van der Waals surface area contributed by atoms with E-state index in [0.717, 1.165) is 17.0 Å². The predicted octanol–water partition coefficient (Wildman–Crippen LogP) is 1.33. The molecule has 1 atom stereocenters. The number of aliphatic hydroxyl groups excluding tert-OH is 1. The van der Waals surface area contributed by atoms with Gasteiger partial charge in [-0.3, -0.25) is 19.3 Å². The summed E-state index contributed by atoms with van der Waals surface area (Å²) in [5.41, 5.74) is -0.317. The van der Waals surface area contributed by atoms with Crippen LogP contribution in [0.15, 0.2) is 69.3 Å². The zero-order chi connectivity index (χ0) is 24.5.